The molecule has 20 heavy (non-hydrogen) atoms. The van der Waals surface area contributed by atoms with E-state index in [4.69, 9.17) is 9.47 Å². The summed E-state index contributed by atoms with van der Waals surface area (Å²) in [4.78, 5) is 15.4. The van der Waals surface area contributed by atoms with Crippen LogP contribution in [-0.2, 0) is 4.74 Å². The van der Waals surface area contributed by atoms with Crippen LogP contribution < -0.4 is 9.47 Å². The fraction of sp³-hybridized carbons (Fsp3) is 0.200. The third-order valence-corrected chi connectivity index (χ3v) is 2.87. The van der Waals surface area contributed by atoms with Gasteiger partial charge < -0.3 is 14.2 Å². The van der Waals surface area contributed by atoms with E-state index in [-0.39, 0.29) is 5.69 Å². The Labute approximate surface area is 117 Å². The molecule has 0 aliphatic heterocycles. The van der Waals surface area contributed by atoms with Crippen LogP contribution in [0.1, 0.15) is 10.5 Å². The number of carbonyl (C=O) groups excluding carboxylic acids is 1. The molecule has 0 saturated carbocycles. The van der Waals surface area contributed by atoms with Gasteiger partial charge in [-0.1, -0.05) is 12.1 Å². The monoisotopic (exact) mass is 273 g/mol. The summed E-state index contributed by atoms with van der Waals surface area (Å²) in [6, 6.07) is 9.00. The highest BCUT2D eigenvalue weighted by Crippen LogP contribution is 2.31. The lowest BCUT2D eigenvalue weighted by Gasteiger charge is -2.09. The number of methoxy groups -OCH3 is 3. The molecule has 0 aliphatic carbocycles. The van der Waals surface area contributed by atoms with Crippen molar-refractivity contribution >= 4 is 5.97 Å². The van der Waals surface area contributed by atoms with Crippen molar-refractivity contribution in [3.63, 3.8) is 0 Å². The van der Waals surface area contributed by atoms with Gasteiger partial charge in [-0.15, -0.1) is 0 Å². The highest BCUT2D eigenvalue weighted by atomic mass is 16.5. The van der Waals surface area contributed by atoms with Crippen molar-refractivity contribution in [3.8, 4) is 22.6 Å². The molecule has 0 bridgehead atoms. The first-order valence-electron chi connectivity index (χ1n) is 5.96. The molecule has 0 amide bonds. The van der Waals surface area contributed by atoms with Crippen LogP contribution in [0.2, 0.25) is 0 Å². The topological polar surface area (TPSA) is 57.7 Å². The van der Waals surface area contributed by atoms with Crippen LogP contribution in [0.5, 0.6) is 11.5 Å². The highest BCUT2D eigenvalue weighted by molar-refractivity contribution is 5.87. The maximum atomic E-state index is 11.3. The second kappa shape index (κ2) is 6.06. The summed E-state index contributed by atoms with van der Waals surface area (Å²) < 4.78 is 15.1. The van der Waals surface area contributed by atoms with Gasteiger partial charge in [0.05, 0.1) is 21.3 Å². The van der Waals surface area contributed by atoms with Crippen LogP contribution in [-0.4, -0.2) is 32.3 Å². The van der Waals surface area contributed by atoms with Gasteiger partial charge in [0, 0.05) is 11.8 Å². The molecule has 1 heterocycles. The number of hydrogen-bond acceptors (Lipinski definition) is 5. The van der Waals surface area contributed by atoms with Crippen molar-refractivity contribution < 1.29 is 19.0 Å². The minimum Gasteiger partial charge on any atom is -0.493 e. The van der Waals surface area contributed by atoms with E-state index >= 15 is 0 Å². The van der Waals surface area contributed by atoms with Crippen LogP contribution in [0.25, 0.3) is 11.1 Å². The summed E-state index contributed by atoms with van der Waals surface area (Å²) in [6.07, 6.45) is 1.62. The average Bonchev–Trinajstić information content (AvgIpc) is 2.53. The number of ether oxygens (including phenoxy) is 3. The number of benzene rings is 1. The number of aromatic nitrogens is 1. The van der Waals surface area contributed by atoms with Gasteiger partial charge in [-0.05, 0) is 23.8 Å². The lowest BCUT2D eigenvalue weighted by atomic mass is 10.1. The van der Waals surface area contributed by atoms with Crippen molar-refractivity contribution in [1.82, 2.24) is 4.98 Å². The lowest BCUT2D eigenvalue weighted by molar-refractivity contribution is 0.0594. The Morgan fingerprint density at radius 2 is 1.65 bits per heavy atom. The van der Waals surface area contributed by atoms with Gasteiger partial charge in [-0.25, -0.2) is 9.78 Å². The highest BCUT2D eigenvalue weighted by Gasteiger charge is 2.09. The Bertz CT molecular complexity index is 608. The van der Waals surface area contributed by atoms with Crippen LogP contribution >= 0.6 is 0 Å². The van der Waals surface area contributed by atoms with Crippen LogP contribution in [0.3, 0.4) is 0 Å². The van der Waals surface area contributed by atoms with Crippen LogP contribution in [0.15, 0.2) is 36.5 Å². The molecule has 0 aliphatic rings. The Balaban J connectivity index is 2.34. The molecule has 1 aromatic carbocycles. The number of carbonyl (C=O) groups is 1. The number of pyridine rings is 1. The summed E-state index contributed by atoms with van der Waals surface area (Å²) in [5.74, 6) is 0.848. The first kappa shape index (κ1) is 13.9. The van der Waals surface area contributed by atoms with Gasteiger partial charge in [0.1, 0.15) is 5.69 Å². The van der Waals surface area contributed by atoms with Gasteiger partial charge in [-0.2, -0.15) is 0 Å². The zero-order valence-electron chi connectivity index (χ0n) is 11.5. The molecule has 0 saturated heterocycles. The Morgan fingerprint density at radius 1 is 0.950 bits per heavy atom. The molecule has 5 nitrogen and oxygen atoms in total. The third-order valence-electron chi connectivity index (χ3n) is 2.87. The minimum absolute atomic E-state index is 0.275. The van der Waals surface area contributed by atoms with Crippen molar-refractivity contribution in [1.29, 1.82) is 0 Å². The zero-order chi connectivity index (χ0) is 14.5. The van der Waals surface area contributed by atoms with Gasteiger partial charge in [-0.3, -0.25) is 0 Å². The quantitative estimate of drug-likeness (QED) is 0.801. The molecule has 5 heteroatoms. The predicted octanol–water partition coefficient (Wildman–Crippen LogP) is 2.55. The fourth-order valence-corrected chi connectivity index (χ4v) is 1.81. The Morgan fingerprint density at radius 3 is 2.20 bits per heavy atom. The largest absolute Gasteiger partial charge is 0.493 e. The molecule has 0 fully saturated rings. The SMILES string of the molecule is COC(=O)c1ccc(-c2ccc(OC)c(OC)c2)cn1. The second-order valence-electron chi connectivity index (χ2n) is 3.99. The van der Waals surface area contributed by atoms with Crippen LogP contribution in [0, 0.1) is 0 Å². The first-order chi connectivity index (χ1) is 9.69. The van der Waals surface area contributed by atoms with Crippen molar-refractivity contribution in [2.24, 2.45) is 0 Å². The van der Waals surface area contributed by atoms with Crippen LogP contribution in [0.4, 0.5) is 0 Å². The number of hydrogen-bond donors (Lipinski definition) is 0. The fourth-order valence-electron chi connectivity index (χ4n) is 1.81. The minimum atomic E-state index is -0.455. The lowest BCUT2D eigenvalue weighted by Crippen LogP contribution is -2.03. The smallest absolute Gasteiger partial charge is 0.356 e. The summed E-state index contributed by atoms with van der Waals surface area (Å²) in [7, 11) is 4.50. The summed E-state index contributed by atoms with van der Waals surface area (Å²) in [5, 5.41) is 0. The second-order valence-corrected chi connectivity index (χ2v) is 3.99. The molecular weight excluding hydrogens is 258 g/mol. The van der Waals surface area contributed by atoms with E-state index in [0.29, 0.717) is 11.5 Å². The molecule has 0 N–H and O–H groups in total. The molecular formula is C15H15NO4. The van der Waals surface area contributed by atoms with Crippen molar-refractivity contribution in [3.05, 3.63) is 42.2 Å². The van der Waals surface area contributed by atoms with E-state index in [1.165, 1.54) is 7.11 Å². The van der Waals surface area contributed by atoms with Gasteiger partial charge in [0.15, 0.2) is 11.5 Å². The van der Waals surface area contributed by atoms with Gasteiger partial charge in [0.25, 0.3) is 0 Å². The van der Waals surface area contributed by atoms with Gasteiger partial charge >= 0.3 is 5.97 Å². The Kier molecular flexibility index (Phi) is 4.20. The van der Waals surface area contributed by atoms with Gasteiger partial charge in [0.2, 0.25) is 0 Å². The number of rotatable bonds is 4. The predicted molar refractivity (Wildman–Crippen MR) is 74.1 cm³/mol. The third kappa shape index (κ3) is 2.71. The maximum Gasteiger partial charge on any atom is 0.356 e. The van der Waals surface area contributed by atoms with E-state index < -0.39 is 5.97 Å². The zero-order valence-corrected chi connectivity index (χ0v) is 11.5. The van der Waals surface area contributed by atoms with E-state index in [0.717, 1.165) is 11.1 Å². The first-order valence-corrected chi connectivity index (χ1v) is 5.96. The van der Waals surface area contributed by atoms with Crippen molar-refractivity contribution in [2.45, 2.75) is 0 Å². The normalized spacial score (nSPS) is 9.95. The number of esters is 1. The number of nitrogens with zero attached hydrogens (tertiary/aromatic N) is 1. The molecule has 0 unspecified atom stereocenters. The van der Waals surface area contributed by atoms with E-state index in [1.807, 2.05) is 18.2 Å². The van der Waals surface area contributed by atoms with E-state index in [9.17, 15) is 4.79 Å². The molecule has 0 spiro atoms. The molecule has 2 rings (SSSR count). The van der Waals surface area contributed by atoms with Crippen molar-refractivity contribution in [2.75, 3.05) is 21.3 Å². The van der Waals surface area contributed by atoms with E-state index in [1.54, 1.807) is 32.5 Å². The Hall–Kier alpha value is -2.56. The molecule has 2 aromatic rings. The standard InChI is InChI=1S/C15H15NO4/c1-18-13-7-5-10(8-14(13)19-2)11-4-6-12(16-9-11)15(17)20-3/h4-9H,1-3H3. The van der Waals surface area contributed by atoms with E-state index in [2.05, 4.69) is 9.72 Å². The molecule has 0 atom stereocenters. The maximum absolute atomic E-state index is 11.3. The summed E-state index contributed by atoms with van der Waals surface area (Å²) >= 11 is 0. The summed E-state index contributed by atoms with van der Waals surface area (Å²) in [6.45, 7) is 0. The molecule has 104 valence electrons. The molecule has 0 radical (unpaired) electrons. The summed E-state index contributed by atoms with van der Waals surface area (Å²) in [5.41, 5.74) is 2.07. The average molecular weight is 273 g/mol. The molecule has 1 aromatic heterocycles.